The molecule has 2 aliphatic rings. The van der Waals surface area contributed by atoms with Gasteiger partial charge in [0.15, 0.2) is 0 Å². The van der Waals surface area contributed by atoms with E-state index in [1.165, 1.54) is 25.7 Å². The Morgan fingerprint density at radius 2 is 1.71 bits per heavy atom. The SMILES string of the molecule is CC(C)OC(=O)N1CC2CCCCC(C1)C2C. The molecule has 0 spiro atoms. The minimum atomic E-state index is -0.108. The molecule has 17 heavy (non-hydrogen) atoms. The molecule has 1 saturated carbocycles. The molecule has 2 unspecified atom stereocenters. The zero-order valence-electron chi connectivity index (χ0n) is 11.3. The van der Waals surface area contributed by atoms with Crippen LogP contribution in [0.15, 0.2) is 0 Å². The van der Waals surface area contributed by atoms with Gasteiger partial charge >= 0.3 is 6.09 Å². The zero-order chi connectivity index (χ0) is 12.4. The number of piperidine rings is 1. The van der Waals surface area contributed by atoms with Crippen LogP contribution >= 0.6 is 0 Å². The van der Waals surface area contributed by atoms with Crippen molar-refractivity contribution in [2.75, 3.05) is 13.1 Å². The van der Waals surface area contributed by atoms with Crippen LogP contribution in [0.25, 0.3) is 0 Å². The molecule has 1 aliphatic heterocycles. The number of rotatable bonds is 1. The molecule has 1 aliphatic carbocycles. The zero-order valence-corrected chi connectivity index (χ0v) is 11.3. The summed E-state index contributed by atoms with van der Waals surface area (Å²) in [6.45, 7) is 8.01. The maximum Gasteiger partial charge on any atom is 0.410 e. The molecule has 1 saturated heterocycles. The molecular formula is C14H25NO2. The molecule has 2 atom stereocenters. The van der Waals surface area contributed by atoms with Crippen LogP contribution in [0.1, 0.15) is 46.5 Å². The third-order valence-corrected chi connectivity index (χ3v) is 4.39. The highest BCUT2D eigenvalue weighted by Gasteiger charge is 2.37. The number of likely N-dealkylation sites (tertiary alicyclic amines) is 1. The first-order chi connectivity index (χ1) is 8.08. The van der Waals surface area contributed by atoms with Gasteiger partial charge in [-0.1, -0.05) is 19.8 Å². The highest BCUT2D eigenvalue weighted by molar-refractivity contribution is 5.68. The van der Waals surface area contributed by atoms with Gasteiger partial charge in [-0.2, -0.15) is 0 Å². The normalized spacial score (nSPS) is 33.4. The standard InChI is InChI=1S/C14H25NO2/c1-10(2)17-14(16)15-8-12-6-4-5-7-13(9-15)11(12)3/h10-13H,4-9H2,1-3H3. The predicted octanol–water partition coefficient (Wildman–Crippen LogP) is 3.29. The fourth-order valence-electron chi connectivity index (χ4n) is 3.30. The highest BCUT2D eigenvalue weighted by Crippen LogP contribution is 2.38. The Morgan fingerprint density at radius 3 is 2.18 bits per heavy atom. The summed E-state index contributed by atoms with van der Waals surface area (Å²) in [4.78, 5) is 13.9. The molecule has 1 amide bonds. The van der Waals surface area contributed by atoms with Gasteiger partial charge in [-0.15, -0.1) is 0 Å². The largest absolute Gasteiger partial charge is 0.447 e. The van der Waals surface area contributed by atoms with E-state index in [9.17, 15) is 4.79 Å². The lowest BCUT2D eigenvalue weighted by molar-refractivity contribution is 0.0335. The van der Waals surface area contributed by atoms with Crippen molar-refractivity contribution in [2.45, 2.75) is 52.6 Å². The lowest BCUT2D eigenvalue weighted by atomic mass is 9.78. The summed E-state index contributed by atoms with van der Waals surface area (Å²) in [6, 6.07) is 0. The minimum Gasteiger partial charge on any atom is -0.447 e. The third kappa shape index (κ3) is 2.93. The van der Waals surface area contributed by atoms with Crippen molar-refractivity contribution in [3.63, 3.8) is 0 Å². The van der Waals surface area contributed by atoms with Crippen molar-refractivity contribution in [3.05, 3.63) is 0 Å². The van der Waals surface area contributed by atoms with Crippen LogP contribution in [0.5, 0.6) is 0 Å². The van der Waals surface area contributed by atoms with Gasteiger partial charge in [0.2, 0.25) is 0 Å². The van der Waals surface area contributed by atoms with Gasteiger partial charge in [0, 0.05) is 13.1 Å². The molecule has 3 nitrogen and oxygen atoms in total. The number of hydrogen-bond donors (Lipinski definition) is 0. The molecule has 2 bridgehead atoms. The molecule has 0 N–H and O–H groups in total. The Kier molecular flexibility index (Phi) is 3.95. The second kappa shape index (κ2) is 5.28. The van der Waals surface area contributed by atoms with E-state index in [1.807, 2.05) is 18.7 Å². The van der Waals surface area contributed by atoms with Gasteiger partial charge in [-0.05, 0) is 44.4 Å². The van der Waals surface area contributed by atoms with Crippen molar-refractivity contribution < 1.29 is 9.53 Å². The van der Waals surface area contributed by atoms with E-state index in [2.05, 4.69) is 6.92 Å². The Morgan fingerprint density at radius 1 is 1.18 bits per heavy atom. The Balaban J connectivity index is 2.00. The summed E-state index contributed by atoms with van der Waals surface area (Å²) in [5.41, 5.74) is 0. The molecule has 1 heterocycles. The van der Waals surface area contributed by atoms with Crippen LogP contribution in [-0.4, -0.2) is 30.2 Å². The second-order valence-electron chi connectivity index (χ2n) is 6.00. The number of carbonyl (C=O) groups excluding carboxylic acids is 1. The van der Waals surface area contributed by atoms with Gasteiger partial charge in [0.1, 0.15) is 0 Å². The number of carbonyl (C=O) groups is 1. The number of fused-ring (bicyclic) bond motifs is 2. The highest BCUT2D eigenvalue weighted by atomic mass is 16.6. The van der Waals surface area contributed by atoms with Crippen molar-refractivity contribution in [3.8, 4) is 0 Å². The monoisotopic (exact) mass is 239 g/mol. The van der Waals surface area contributed by atoms with Crippen LogP contribution in [-0.2, 0) is 4.74 Å². The lowest BCUT2D eigenvalue weighted by Crippen LogP contribution is -2.48. The Labute approximate surface area is 105 Å². The predicted molar refractivity (Wildman–Crippen MR) is 67.8 cm³/mol. The van der Waals surface area contributed by atoms with E-state index < -0.39 is 0 Å². The summed E-state index contributed by atoms with van der Waals surface area (Å²) in [5.74, 6) is 2.16. The van der Waals surface area contributed by atoms with Crippen LogP contribution in [0, 0.1) is 17.8 Å². The second-order valence-corrected chi connectivity index (χ2v) is 6.00. The summed E-state index contributed by atoms with van der Waals surface area (Å²) >= 11 is 0. The van der Waals surface area contributed by atoms with Gasteiger partial charge in [-0.25, -0.2) is 4.79 Å². The van der Waals surface area contributed by atoms with Crippen molar-refractivity contribution in [1.82, 2.24) is 4.90 Å². The summed E-state index contributed by atoms with van der Waals surface area (Å²) in [7, 11) is 0. The van der Waals surface area contributed by atoms with Crippen molar-refractivity contribution in [1.29, 1.82) is 0 Å². The van der Waals surface area contributed by atoms with E-state index in [0.29, 0.717) is 11.8 Å². The molecule has 3 heteroatoms. The molecule has 0 aromatic carbocycles. The van der Waals surface area contributed by atoms with Crippen LogP contribution in [0.3, 0.4) is 0 Å². The minimum absolute atomic E-state index is 0.0103. The van der Waals surface area contributed by atoms with Crippen molar-refractivity contribution >= 4 is 6.09 Å². The average Bonchev–Trinajstić information content (AvgIpc) is 2.37. The van der Waals surface area contributed by atoms with Gasteiger partial charge in [-0.3, -0.25) is 0 Å². The first-order valence-electron chi connectivity index (χ1n) is 7.03. The first-order valence-corrected chi connectivity index (χ1v) is 7.03. The maximum atomic E-state index is 12.0. The summed E-state index contributed by atoms with van der Waals surface area (Å²) < 4.78 is 5.32. The maximum absolute atomic E-state index is 12.0. The summed E-state index contributed by atoms with van der Waals surface area (Å²) in [6.07, 6.45) is 5.11. The quantitative estimate of drug-likeness (QED) is 0.702. The molecule has 2 fully saturated rings. The molecule has 2 rings (SSSR count). The molecular weight excluding hydrogens is 214 g/mol. The molecule has 0 radical (unpaired) electrons. The Bertz CT molecular complexity index is 261. The smallest absolute Gasteiger partial charge is 0.410 e. The molecule has 0 aromatic rings. The average molecular weight is 239 g/mol. The third-order valence-electron chi connectivity index (χ3n) is 4.39. The first kappa shape index (κ1) is 12.7. The summed E-state index contributed by atoms with van der Waals surface area (Å²) in [5, 5.41) is 0. The van der Waals surface area contributed by atoms with Crippen molar-refractivity contribution in [2.24, 2.45) is 17.8 Å². The van der Waals surface area contributed by atoms with E-state index in [-0.39, 0.29) is 12.2 Å². The number of ether oxygens (including phenoxy) is 1. The van der Waals surface area contributed by atoms with Crippen LogP contribution in [0.4, 0.5) is 4.79 Å². The topological polar surface area (TPSA) is 29.5 Å². The number of nitrogens with zero attached hydrogens (tertiary/aromatic N) is 1. The van der Waals surface area contributed by atoms with Gasteiger partial charge in [0.25, 0.3) is 0 Å². The van der Waals surface area contributed by atoms with E-state index in [4.69, 9.17) is 4.74 Å². The number of amides is 1. The number of hydrogen-bond acceptors (Lipinski definition) is 2. The van der Waals surface area contributed by atoms with Gasteiger partial charge < -0.3 is 9.64 Å². The fraction of sp³-hybridized carbons (Fsp3) is 0.929. The van der Waals surface area contributed by atoms with Gasteiger partial charge in [0.05, 0.1) is 6.10 Å². The van der Waals surface area contributed by atoms with E-state index in [1.54, 1.807) is 0 Å². The van der Waals surface area contributed by atoms with E-state index in [0.717, 1.165) is 19.0 Å². The van der Waals surface area contributed by atoms with Crippen LogP contribution < -0.4 is 0 Å². The van der Waals surface area contributed by atoms with Crippen LogP contribution in [0.2, 0.25) is 0 Å². The molecule has 98 valence electrons. The van der Waals surface area contributed by atoms with E-state index >= 15 is 0 Å². The fourth-order valence-corrected chi connectivity index (χ4v) is 3.30. The Hall–Kier alpha value is -0.730. The lowest BCUT2D eigenvalue weighted by Gasteiger charge is -2.40. The molecule has 0 aromatic heterocycles.